The first-order chi connectivity index (χ1) is 16.1. The van der Waals surface area contributed by atoms with Crippen molar-refractivity contribution < 1.29 is 39.9 Å². The predicted molar refractivity (Wildman–Crippen MR) is 122 cm³/mol. The molecule has 1 saturated heterocycles. The van der Waals surface area contributed by atoms with Gasteiger partial charge in [0.25, 0.3) is 0 Å². The first-order valence-corrected chi connectivity index (χ1v) is 11.6. The van der Waals surface area contributed by atoms with Crippen molar-refractivity contribution in [3.05, 3.63) is 57.6 Å². The fourth-order valence-electron chi connectivity index (χ4n) is 4.91. The first-order valence-electron chi connectivity index (χ1n) is 11.6. The normalized spacial score (nSPS) is 27.7. The molecule has 5 rings (SSSR count). The maximum absolute atomic E-state index is 12.9. The molecule has 0 amide bonds. The first kappa shape index (κ1) is 24.3. The third kappa shape index (κ3) is 4.11. The summed E-state index contributed by atoms with van der Waals surface area (Å²) in [6.45, 7) is 3.61. The average Bonchev–Trinajstić information content (AvgIpc) is 2.83. The largest absolute Gasteiger partial charge is 0.507 e. The second kappa shape index (κ2) is 9.11. The molecule has 8 nitrogen and oxygen atoms in total. The van der Waals surface area contributed by atoms with Gasteiger partial charge in [0.2, 0.25) is 0 Å². The molecular weight excluding hydrogens is 440 g/mol. The Hall–Kier alpha value is -2.78. The Bertz CT molecular complexity index is 1140. The van der Waals surface area contributed by atoms with Gasteiger partial charge in [-0.25, -0.2) is 0 Å². The zero-order chi connectivity index (χ0) is 24.8. The molecule has 4 atom stereocenters. The highest BCUT2D eigenvalue weighted by Gasteiger charge is 2.41. The Morgan fingerprint density at radius 3 is 2.03 bits per heavy atom. The minimum atomic E-state index is -0.981. The number of aromatic hydroxyl groups is 2. The topological polar surface area (TPSA) is 145 Å². The lowest BCUT2D eigenvalue weighted by Crippen LogP contribution is -2.36. The summed E-state index contributed by atoms with van der Waals surface area (Å²) in [6.07, 6.45) is 1.34. The molecule has 2 aromatic carbocycles. The number of ketones is 2. The SMILES string of the molecule is CC[C@@]1(O)CCc2c(O)c3c(c(O)c2C1)C(=O)c1ccccc1C3=O.C[C@@H]1OC(O)CC[C@@H]1O. The van der Waals surface area contributed by atoms with Crippen molar-refractivity contribution in [1.29, 1.82) is 0 Å². The lowest BCUT2D eigenvalue weighted by atomic mass is 9.73. The maximum atomic E-state index is 12.9. The molecule has 2 aromatic rings. The van der Waals surface area contributed by atoms with Crippen molar-refractivity contribution in [1.82, 2.24) is 0 Å². The number of phenolic OH excluding ortho intramolecular Hbond substituents is 2. The molecule has 34 heavy (non-hydrogen) atoms. The molecule has 0 saturated carbocycles. The lowest BCUT2D eigenvalue weighted by molar-refractivity contribution is -0.192. The predicted octanol–water partition coefficient (Wildman–Crippen LogP) is 2.37. The van der Waals surface area contributed by atoms with Crippen molar-refractivity contribution in [2.75, 3.05) is 0 Å². The molecule has 1 heterocycles. The van der Waals surface area contributed by atoms with Gasteiger partial charge in [0, 0.05) is 35.1 Å². The van der Waals surface area contributed by atoms with Gasteiger partial charge in [-0.05, 0) is 32.6 Å². The second-order valence-electron chi connectivity index (χ2n) is 9.30. The molecule has 1 aliphatic heterocycles. The maximum Gasteiger partial charge on any atom is 0.198 e. The average molecular weight is 471 g/mol. The van der Waals surface area contributed by atoms with Crippen LogP contribution in [0.3, 0.4) is 0 Å². The summed E-state index contributed by atoms with van der Waals surface area (Å²) in [5, 5.41) is 49.9. The van der Waals surface area contributed by atoms with Gasteiger partial charge < -0.3 is 30.3 Å². The monoisotopic (exact) mass is 470 g/mol. The third-order valence-corrected chi connectivity index (χ3v) is 7.16. The molecule has 3 aliphatic rings. The van der Waals surface area contributed by atoms with E-state index in [1.807, 2.05) is 6.92 Å². The van der Waals surface area contributed by atoms with Gasteiger partial charge in [-0.15, -0.1) is 0 Å². The number of phenols is 2. The van der Waals surface area contributed by atoms with Gasteiger partial charge in [0.15, 0.2) is 17.9 Å². The standard InChI is InChI=1S/C20H18O5.C6H12O3/c1-2-20(25)8-7-12-13(9-20)19(24)15-14(18(12)23)16(21)10-5-3-4-6-11(10)17(15)22;1-4-5(7)2-3-6(8)9-4/h3-6,23-25H,2,7-9H2,1H3;4-8H,2-3H2,1H3/t20-;4-,5-,6?/m10/s1. The summed E-state index contributed by atoms with van der Waals surface area (Å²) >= 11 is 0. The van der Waals surface area contributed by atoms with Crippen molar-refractivity contribution in [3.63, 3.8) is 0 Å². The fourth-order valence-corrected chi connectivity index (χ4v) is 4.91. The molecule has 1 unspecified atom stereocenters. The number of carbonyl (C=O) groups excluding carboxylic acids is 2. The number of aliphatic hydroxyl groups is 3. The number of hydrogen-bond donors (Lipinski definition) is 5. The van der Waals surface area contributed by atoms with Crippen LogP contribution in [0.1, 0.15) is 82.5 Å². The highest BCUT2D eigenvalue weighted by Crippen LogP contribution is 2.47. The molecule has 0 spiro atoms. The Morgan fingerprint density at radius 2 is 1.53 bits per heavy atom. The van der Waals surface area contributed by atoms with E-state index in [1.165, 1.54) is 6.07 Å². The van der Waals surface area contributed by atoms with E-state index in [2.05, 4.69) is 0 Å². The Morgan fingerprint density at radius 1 is 0.971 bits per heavy atom. The molecule has 5 N–H and O–H groups in total. The van der Waals surface area contributed by atoms with E-state index >= 15 is 0 Å². The number of aliphatic hydroxyl groups excluding tert-OH is 2. The summed E-state index contributed by atoms with van der Waals surface area (Å²) in [5.41, 5.74) is 0.0151. The van der Waals surface area contributed by atoms with Crippen molar-refractivity contribution in [2.45, 2.75) is 76.5 Å². The van der Waals surface area contributed by atoms with Crippen LogP contribution >= 0.6 is 0 Å². The molecule has 0 aromatic heterocycles. The van der Waals surface area contributed by atoms with Crippen LogP contribution in [-0.2, 0) is 17.6 Å². The molecule has 0 bridgehead atoms. The number of hydrogen-bond acceptors (Lipinski definition) is 8. The van der Waals surface area contributed by atoms with E-state index in [0.29, 0.717) is 43.2 Å². The van der Waals surface area contributed by atoms with Crippen LogP contribution in [-0.4, -0.2) is 61.2 Å². The Labute approximate surface area is 197 Å². The zero-order valence-electron chi connectivity index (χ0n) is 19.2. The van der Waals surface area contributed by atoms with E-state index in [1.54, 1.807) is 25.1 Å². The Kier molecular flexibility index (Phi) is 6.52. The molecular formula is C26H30O8. The van der Waals surface area contributed by atoms with Crippen molar-refractivity contribution in [3.8, 4) is 11.5 Å². The lowest BCUT2D eigenvalue weighted by Gasteiger charge is -2.35. The number of benzene rings is 2. The van der Waals surface area contributed by atoms with Gasteiger partial charge >= 0.3 is 0 Å². The third-order valence-electron chi connectivity index (χ3n) is 7.16. The minimum Gasteiger partial charge on any atom is -0.507 e. The van der Waals surface area contributed by atoms with E-state index in [4.69, 9.17) is 14.9 Å². The number of fused-ring (bicyclic) bond motifs is 3. The smallest absolute Gasteiger partial charge is 0.198 e. The summed E-state index contributed by atoms with van der Waals surface area (Å²) < 4.78 is 4.90. The highest BCUT2D eigenvalue weighted by atomic mass is 16.6. The number of ether oxygens (including phenoxy) is 1. The summed E-state index contributed by atoms with van der Waals surface area (Å²) in [7, 11) is 0. The van der Waals surface area contributed by atoms with Crippen LogP contribution in [0.5, 0.6) is 11.5 Å². The van der Waals surface area contributed by atoms with E-state index in [0.717, 1.165) is 0 Å². The quantitative estimate of drug-likeness (QED) is 0.341. The van der Waals surface area contributed by atoms with Gasteiger partial charge in [0.1, 0.15) is 11.5 Å². The highest BCUT2D eigenvalue weighted by molar-refractivity contribution is 6.30. The van der Waals surface area contributed by atoms with Gasteiger partial charge in [-0.3, -0.25) is 9.59 Å². The summed E-state index contributed by atoms with van der Waals surface area (Å²) in [5.74, 6) is -1.47. The van der Waals surface area contributed by atoms with Crippen LogP contribution in [0, 0.1) is 0 Å². The fraction of sp³-hybridized carbons (Fsp3) is 0.462. The Balaban J connectivity index is 0.000000257. The van der Waals surface area contributed by atoms with E-state index in [9.17, 15) is 24.9 Å². The van der Waals surface area contributed by atoms with Crippen LogP contribution in [0.25, 0.3) is 0 Å². The minimum absolute atomic E-state index is 0.123. The van der Waals surface area contributed by atoms with Crippen molar-refractivity contribution in [2.24, 2.45) is 0 Å². The van der Waals surface area contributed by atoms with Crippen molar-refractivity contribution >= 4 is 11.6 Å². The summed E-state index contributed by atoms with van der Waals surface area (Å²) in [4.78, 5) is 25.7. The molecule has 8 heteroatoms. The van der Waals surface area contributed by atoms with Gasteiger partial charge in [-0.1, -0.05) is 31.2 Å². The molecule has 0 radical (unpaired) electrons. The van der Waals surface area contributed by atoms with Gasteiger partial charge in [0.05, 0.1) is 28.9 Å². The number of rotatable bonds is 1. The van der Waals surface area contributed by atoms with Gasteiger partial charge in [-0.2, -0.15) is 0 Å². The van der Waals surface area contributed by atoms with Crippen LogP contribution < -0.4 is 0 Å². The van der Waals surface area contributed by atoms with Crippen LogP contribution in [0.4, 0.5) is 0 Å². The second-order valence-corrected chi connectivity index (χ2v) is 9.30. The molecule has 1 fully saturated rings. The number of carbonyl (C=O) groups is 2. The molecule has 182 valence electrons. The zero-order valence-corrected chi connectivity index (χ0v) is 19.2. The van der Waals surface area contributed by atoms with E-state index < -0.39 is 29.6 Å². The van der Waals surface area contributed by atoms with Crippen LogP contribution in [0.15, 0.2) is 24.3 Å². The molecule has 2 aliphatic carbocycles. The summed E-state index contributed by atoms with van der Waals surface area (Å²) in [6, 6.07) is 6.40. The van der Waals surface area contributed by atoms with Crippen LogP contribution in [0.2, 0.25) is 0 Å². The van der Waals surface area contributed by atoms with E-state index in [-0.39, 0.29) is 46.3 Å².